The molecule has 1 atom stereocenters. The second kappa shape index (κ2) is 7.51. The number of benzene rings is 2. The maximum Gasteiger partial charge on any atom is 0.289 e. The molecular formula is C20H19N5O3. The van der Waals surface area contributed by atoms with Crippen LogP contribution in [0.15, 0.2) is 47.6 Å². The molecule has 2 heterocycles. The summed E-state index contributed by atoms with van der Waals surface area (Å²) >= 11 is 0. The van der Waals surface area contributed by atoms with Gasteiger partial charge in [0.05, 0.1) is 18.0 Å². The minimum atomic E-state index is -0.462. The number of carbonyl (C=O) groups is 1. The van der Waals surface area contributed by atoms with E-state index in [0.29, 0.717) is 29.7 Å². The van der Waals surface area contributed by atoms with Crippen LogP contribution in [0.25, 0.3) is 10.9 Å². The van der Waals surface area contributed by atoms with Crippen LogP contribution in [0, 0.1) is 0 Å². The normalized spacial score (nSPS) is 15.4. The second-order valence-electron chi connectivity index (χ2n) is 6.43. The van der Waals surface area contributed by atoms with Gasteiger partial charge in [-0.2, -0.15) is 10.1 Å². The van der Waals surface area contributed by atoms with Crippen molar-refractivity contribution in [2.75, 3.05) is 13.7 Å². The van der Waals surface area contributed by atoms with E-state index in [0.717, 1.165) is 11.1 Å². The Morgan fingerprint density at radius 3 is 2.96 bits per heavy atom. The molecule has 0 saturated heterocycles. The first kappa shape index (κ1) is 17.7. The minimum Gasteiger partial charge on any atom is -0.497 e. The van der Waals surface area contributed by atoms with Crippen molar-refractivity contribution in [3.63, 3.8) is 0 Å². The van der Waals surface area contributed by atoms with Gasteiger partial charge in [0.2, 0.25) is 11.7 Å². The third-order valence-corrected chi connectivity index (χ3v) is 4.58. The number of carbonyl (C=O) groups excluding carboxylic acids is 1. The number of aromatic hydroxyl groups is 1. The summed E-state index contributed by atoms with van der Waals surface area (Å²) in [6, 6.07) is 12.9. The van der Waals surface area contributed by atoms with Crippen LogP contribution in [-0.2, 0) is 6.54 Å². The monoisotopic (exact) mass is 377 g/mol. The smallest absolute Gasteiger partial charge is 0.289 e. The Kier molecular flexibility index (Phi) is 4.76. The number of rotatable bonds is 5. The number of fused-ring (bicyclic) bond motifs is 1. The van der Waals surface area contributed by atoms with E-state index in [1.165, 1.54) is 0 Å². The highest BCUT2D eigenvalue weighted by Gasteiger charge is 2.17. The van der Waals surface area contributed by atoms with Crippen molar-refractivity contribution in [1.29, 1.82) is 0 Å². The van der Waals surface area contributed by atoms with Gasteiger partial charge in [-0.3, -0.25) is 4.79 Å². The third-order valence-electron chi connectivity index (χ3n) is 4.58. The van der Waals surface area contributed by atoms with Gasteiger partial charge in [0, 0.05) is 25.2 Å². The molecule has 0 spiro atoms. The first-order valence-electron chi connectivity index (χ1n) is 8.82. The lowest BCUT2D eigenvalue weighted by Gasteiger charge is -2.10. The van der Waals surface area contributed by atoms with Gasteiger partial charge in [0.1, 0.15) is 5.75 Å². The average Bonchev–Trinajstić information content (AvgIpc) is 3.27. The van der Waals surface area contributed by atoms with Crippen LogP contribution in [0.1, 0.15) is 27.7 Å². The highest BCUT2D eigenvalue weighted by atomic mass is 16.5. The van der Waals surface area contributed by atoms with Crippen molar-refractivity contribution >= 4 is 23.0 Å². The Balaban J connectivity index is 1.53. The molecule has 8 heteroatoms. The summed E-state index contributed by atoms with van der Waals surface area (Å²) in [7, 11) is 1.59. The Bertz CT molecular complexity index is 1070. The van der Waals surface area contributed by atoms with Gasteiger partial charge in [0.15, 0.2) is 0 Å². The summed E-state index contributed by atoms with van der Waals surface area (Å²) in [6.07, 6.45) is 1.82. The van der Waals surface area contributed by atoms with Crippen molar-refractivity contribution in [3.05, 3.63) is 59.4 Å². The largest absolute Gasteiger partial charge is 0.497 e. The quantitative estimate of drug-likeness (QED) is 0.627. The van der Waals surface area contributed by atoms with Crippen LogP contribution in [-0.4, -0.2) is 40.9 Å². The zero-order valence-corrected chi connectivity index (χ0v) is 15.2. The molecule has 1 aliphatic rings. The molecule has 3 aromatic rings. The Morgan fingerprint density at radius 1 is 1.29 bits per heavy atom. The van der Waals surface area contributed by atoms with Gasteiger partial charge in [-0.15, -0.1) is 0 Å². The number of ether oxygens (including phenoxy) is 1. The van der Waals surface area contributed by atoms with E-state index in [4.69, 9.17) is 4.74 Å². The fourth-order valence-electron chi connectivity index (χ4n) is 3.06. The molecule has 1 aromatic heterocycles. The van der Waals surface area contributed by atoms with Crippen molar-refractivity contribution in [2.24, 2.45) is 5.10 Å². The number of methoxy groups -OCH3 is 1. The Labute approximate surface area is 161 Å². The summed E-state index contributed by atoms with van der Waals surface area (Å²) in [5.74, 6) is 0.0848. The molecule has 142 valence electrons. The molecule has 0 saturated carbocycles. The van der Waals surface area contributed by atoms with E-state index < -0.39 is 5.91 Å². The van der Waals surface area contributed by atoms with E-state index in [1.54, 1.807) is 13.2 Å². The van der Waals surface area contributed by atoms with E-state index in [1.807, 2.05) is 42.6 Å². The lowest BCUT2D eigenvalue weighted by Crippen LogP contribution is -2.25. The number of nitrogens with zero attached hydrogens (tertiary/aromatic N) is 3. The highest BCUT2D eigenvalue weighted by Crippen LogP contribution is 2.26. The molecule has 28 heavy (non-hydrogen) atoms. The molecule has 0 radical (unpaired) electrons. The molecule has 1 unspecified atom stereocenters. The van der Waals surface area contributed by atoms with Crippen molar-refractivity contribution in [3.8, 4) is 11.6 Å². The van der Waals surface area contributed by atoms with Crippen molar-refractivity contribution < 1.29 is 14.6 Å². The van der Waals surface area contributed by atoms with Crippen molar-refractivity contribution in [2.45, 2.75) is 12.5 Å². The average molecular weight is 377 g/mol. The predicted octanol–water partition coefficient (Wildman–Crippen LogP) is 1.95. The third kappa shape index (κ3) is 3.57. The van der Waals surface area contributed by atoms with Crippen LogP contribution in [0.5, 0.6) is 11.6 Å². The number of nitrogens with one attached hydrogen (secondary N) is 2. The van der Waals surface area contributed by atoms with Gasteiger partial charge >= 0.3 is 0 Å². The molecule has 0 bridgehead atoms. The Hall–Kier alpha value is -3.68. The molecule has 1 aliphatic heterocycles. The maximum absolute atomic E-state index is 12.4. The summed E-state index contributed by atoms with van der Waals surface area (Å²) in [4.78, 5) is 20.7. The van der Waals surface area contributed by atoms with Crippen molar-refractivity contribution in [1.82, 2.24) is 20.7 Å². The standard InChI is InChI=1S/C20H19N5O3/c1-28-15-4-2-3-12(7-15)9-21-20(27)18-24-17-6-5-13(14-10-22-23-11-14)8-16(17)19(26)25-18/h2-8,10,14,23H,9,11H2,1H3,(H,21,27)(H,24,25,26). The lowest BCUT2D eigenvalue weighted by atomic mass is 9.99. The lowest BCUT2D eigenvalue weighted by molar-refractivity contribution is 0.0940. The number of hydrazone groups is 1. The summed E-state index contributed by atoms with van der Waals surface area (Å²) in [5, 5.41) is 17.6. The summed E-state index contributed by atoms with van der Waals surface area (Å²) in [5.41, 5.74) is 5.29. The number of hydrogen-bond donors (Lipinski definition) is 3. The molecule has 0 fully saturated rings. The van der Waals surface area contributed by atoms with E-state index >= 15 is 0 Å². The summed E-state index contributed by atoms with van der Waals surface area (Å²) in [6.45, 7) is 1.00. The molecule has 2 aromatic carbocycles. The minimum absolute atomic E-state index is 0.0789. The SMILES string of the molecule is COc1cccc(CNC(=O)c2nc(O)c3cc(C4C=NNC4)ccc3n2)c1. The molecule has 8 nitrogen and oxygen atoms in total. The van der Waals surface area contributed by atoms with Crippen LogP contribution in [0.4, 0.5) is 0 Å². The van der Waals surface area contributed by atoms with Crippen LogP contribution >= 0.6 is 0 Å². The first-order valence-corrected chi connectivity index (χ1v) is 8.82. The van der Waals surface area contributed by atoms with Gasteiger partial charge in [-0.1, -0.05) is 18.2 Å². The van der Waals surface area contributed by atoms with E-state index in [-0.39, 0.29) is 17.6 Å². The molecule has 1 amide bonds. The Morgan fingerprint density at radius 2 is 2.18 bits per heavy atom. The van der Waals surface area contributed by atoms with Gasteiger partial charge in [0.25, 0.3) is 5.91 Å². The van der Waals surface area contributed by atoms with Crippen LogP contribution < -0.4 is 15.5 Å². The summed E-state index contributed by atoms with van der Waals surface area (Å²) < 4.78 is 5.17. The number of aromatic nitrogens is 2. The van der Waals surface area contributed by atoms with Gasteiger partial charge < -0.3 is 20.6 Å². The zero-order chi connectivity index (χ0) is 19.5. The topological polar surface area (TPSA) is 109 Å². The fraction of sp³-hybridized carbons (Fsp3) is 0.200. The van der Waals surface area contributed by atoms with Crippen LogP contribution in [0.2, 0.25) is 0 Å². The molecule has 4 rings (SSSR count). The fourth-order valence-corrected chi connectivity index (χ4v) is 3.06. The van der Waals surface area contributed by atoms with Gasteiger partial charge in [-0.25, -0.2) is 4.98 Å². The van der Waals surface area contributed by atoms with E-state index in [2.05, 4.69) is 25.8 Å². The maximum atomic E-state index is 12.4. The molecule has 3 N–H and O–H groups in total. The van der Waals surface area contributed by atoms with Gasteiger partial charge in [-0.05, 0) is 35.4 Å². The number of hydrogen-bond acceptors (Lipinski definition) is 7. The molecule has 0 aliphatic carbocycles. The van der Waals surface area contributed by atoms with Crippen LogP contribution in [0.3, 0.4) is 0 Å². The highest BCUT2D eigenvalue weighted by molar-refractivity contribution is 5.94. The predicted molar refractivity (Wildman–Crippen MR) is 105 cm³/mol. The first-order chi connectivity index (χ1) is 13.6. The zero-order valence-electron chi connectivity index (χ0n) is 15.2. The number of amides is 1. The molecular weight excluding hydrogens is 358 g/mol. The van der Waals surface area contributed by atoms with E-state index in [9.17, 15) is 9.90 Å². The second-order valence-corrected chi connectivity index (χ2v) is 6.43.